The number of H-pyrrole nitrogens is 1. The Labute approximate surface area is 97.1 Å². The molecule has 0 radical (unpaired) electrons. The van der Waals surface area contributed by atoms with Crippen molar-refractivity contribution in [3.05, 3.63) is 35.7 Å². The van der Waals surface area contributed by atoms with E-state index >= 15 is 0 Å². The molecule has 4 heteroatoms. The number of rotatable bonds is 2. The molecule has 2 heterocycles. The minimum atomic E-state index is 0.866. The van der Waals surface area contributed by atoms with Gasteiger partial charge in [-0.1, -0.05) is 18.2 Å². The number of nitrogens with zero attached hydrogens (tertiary/aromatic N) is 1. The first-order valence-corrected chi connectivity index (χ1v) is 5.96. The van der Waals surface area contributed by atoms with Crippen LogP contribution in [0, 0.1) is 0 Å². The van der Waals surface area contributed by atoms with Crippen molar-refractivity contribution in [2.24, 2.45) is 0 Å². The van der Waals surface area contributed by atoms with Crippen molar-refractivity contribution >= 4 is 27.2 Å². The number of benzene rings is 1. The Morgan fingerprint density at radius 3 is 3.00 bits per heavy atom. The van der Waals surface area contributed by atoms with Gasteiger partial charge in [-0.2, -0.15) is 5.10 Å². The van der Waals surface area contributed by atoms with Crippen LogP contribution in [0.25, 0.3) is 21.3 Å². The highest BCUT2D eigenvalue weighted by atomic mass is 32.1. The third-order valence-electron chi connectivity index (χ3n) is 2.61. The molecule has 3 rings (SSSR count). The molecule has 0 aliphatic carbocycles. The fraction of sp³-hybridized carbons (Fsp3) is 0.0833. The normalized spacial score (nSPS) is 10.8. The lowest BCUT2D eigenvalue weighted by Crippen LogP contribution is -1.85. The molecule has 0 saturated heterocycles. The van der Waals surface area contributed by atoms with Gasteiger partial charge in [-0.3, -0.25) is 5.10 Å². The number of aromatic nitrogens is 2. The van der Waals surface area contributed by atoms with Crippen molar-refractivity contribution in [3.8, 4) is 11.3 Å². The lowest BCUT2D eigenvalue weighted by atomic mass is 10.1. The zero-order valence-corrected chi connectivity index (χ0v) is 9.64. The first kappa shape index (κ1) is 9.42. The van der Waals surface area contributed by atoms with E-state index in [4.69, 9.17) is 0 Å². The second-order valence-electron chi connectivity index (χ2n) is 3.56. The topological polar surface area (TPSA) is 40.7 Å². The molecule has 0 atom stereocenters. The lowest BCUT2D eigenvalue weighted by Gasteiger charge is -1.93. The van der Waals surface area contributed by atoms with Crippen LogP contribution in [0.1, 0.15) is 0 Å². The van der Waals surface area contributed by atoms with Crippen LogP contribution in [0.5, 0.6) is 0 Å². The average molecular weight is 229 g/mol. The first-order chi connectivity index (χ1) is 7.88. The number of hydrogen-bond acceptors (Lipinski definition) is 3. The largest absolute Gasteiger partial charge is 0.372 e. The number of nitrogens with one attached hydrogen (secondary N) is 2. The molecule has 16 heavy (non-hydrogen) atoms. The number of aromatic amines is 1. The van der Waals surface area contributed by atoms with Crippen molar-refractivity contribution in [2.45, 2.75) is 0 Å². The van der Waals surface area contributed by atoms with Crippen LogP contribution in [0.3, 0.4) is 0 Å². The summed E-state index contributed by atoms with van der Waals surface area (Å²) >= 11 is 1.76. The van der Waals surface area contributed by atoms with E-state index < -0.39 is 0 Å². The van der Waals surface area contributed by atoms with Crippen molar-refractivity contribution in [2.75, 3.05) is 12.4 Å². The Hall–Kier alpha value is -1.81. The highest BCUT2D eigenvalue weighted by Crippen LogP contribution is 2.33. The Balaban J connectivity index is 2.18. The fourth-order valence-electron chi connectivity index (χ4n) is 1.77. The standard InChI is InChI=1S/C12H11N3S/c1-13-12-6-10(14-15-12)9-7-16-11-5-3-2-4-8(9)11/h2-7H,1H3,(H2,13,14,15). The SMILES string of the molecule is CNc1cc(-c2csc3ccccc23)[nH]n1. The summed E-state index contributed by atoms with van der Waals surface area (Å²) in [6, 6.07) is 10.4. The third-order valence-corrected chi connectivity index (χ3v) is 3.57. The van der Waals surface area contributed by atoms with E-state index in [1.165, 1.54) is 15.6 Å². The predicted octanol–water partition coefficient (Wildman–Crippen LogP) is 3.33. The summed E-state index contributed by atoms with van der Waals surface area (Å²) in [5.74, 6) is 0.866. The van der Waals surface area contributed by atoms with Crippen LogP contribution < -0.4 is 5.32 Å². The molecule has 0 bridgehead atoms. The summed E-state index contributed by atoms with van der Waals surface area (Å²) in [5, 5.41) is 13.7. The third kappa shape index (κ3) is 1.39. The van der Waals surface area contributed by atoms with E-state index in [1.807, 2.05) is 13.1 Å². The Bertz CT molecular complexity index is 624. The fourth-order valence-corrected chi connectivity index (χ4v) is 2.74. The van der Waals surface area contributed by atoms with E-state index in [2.05, 4.69) is 45.2 Å². The van der Waals surface area contributed by atoms with Crippen LogP contribution >= 0.6 is 11.3 Å². The molecule has 0 fully saturated rings. The molecule has 80 valence electrons. The molecule has 0 spiro atoms. The molecule has 0 amide bonds. The van der Waals surface area contributed by atoms with Crippen molar-refractivity contribution in [3.63, 3.8) is 0 Å². The highest BCUT2D eigenvalue weighted by molar-refractivity contribution is 7.17. The lowest BCUT2D eigenvalue weighted by molar-refractivity contribution is 1.09. The van der Waals surface area contributed by atoms with Crippen molar-refractivity contribution < 1.29 is 0 Å². The average Bonchev–Trinajstić information content (AvgIpc) is 2.94. The molecule has 3 aromatic rings. The molecule has 2 aromatic heterocycles. The molecular weight excluding hydrogens is 218 g/mol. The molecule has 1 aromatic carbocycles. The monoisotopic (exact) mass is 229 g/mol. The van der Waals surface area contributed by atoms with Gasteiger partial charge in [0.1, 0.15) is 5.82 Å². The molecule has 0 saturated carbocycles. The zero-order chi connectivity index (χ0) is 11.0. The molecule has 0 aliphatic heterocycles. The van der Waals surface area contributed by atoms with Crippen LogP contribution in [0.15, 0.2) is 35.7 Å². The van der Waals surface area contributed by atoms with Crippen LogP contribution in [0.2, 0.25) is 0 Å². The minimum absolute atomic E-state index is 0.866. The van der Waals surface area contributed by atoms with E-state index in [0.29, 0.717) is 0 Å². The summed E-state index contributed by atoms with van der Waals surface area (Å²) in [6.45, 7) is 0. The minimum Gasteiger partial charge on any atom is -0.372 e. The van der Waals surface area contributed by atoms with Crippen LogP contribution in [-0.4, -0.2) is 17.2 Å². The zero-order valence-electron chi connectivity index (χ0n) is 8.82. The summed E-state index contributed by atoms with van der Waals surface area (Å²) in [6.07, 6.45) is 0. The van der Waals surface area contributed by atoms with Crippen molar-refractivity contribution in [1.29, 1.82) is 0 Å². The maximum atomic E-state index is 4.17. The Kier molecular flexibility index (Phi) is 2.15. The highest BCUT2D eigenvalue weighted by Gasteiger charge is 2.08. The van der Waals surface area contributed by atoms with E-state index in [0.717, 1.165) is 11.5 Å². The first-order valence-electron chi connectivity index (χ1n) is 5.08. The van der Waals surface area contributed by atoms with Gasteiger partial charge in [-0.15, -0.1) is 11.3 Å². The molecule has 0 unspecified atom stereocenters. The van der Waals surface area contributed by atoms with E-state index in [9.17, 15) is 0 Å². The summed E-state index contributed by atoms with van der Waals surface area (Å²) in [4.78, 5) is 0. The van der Waals surface area contributed by atoms with Gasteiger partial charge >= 0.3 is 0 Å². The van der Waals surface area contributed by atoms with Gasteiger partial charge in [-0.25, -0.2) is 0 Å². The second kappa shape index (κ2) is 3.64. The van der Waals surface area contributed by atoms with Gasteiger partial charge < -0.3 is 5.32 Å². The quantitative estimate of drug-likeness (QED) is 0.707. The second-order valence-corrected chi connectivity index (χ2v) is 4.47. The number of thiophene rings is 1. The number of hydrogen-bond donors (Lipinski definition) is 2. The maximum Gasteiger partial charge on any atom is 0.148 e. The van der Waals surface area contributed by atoms with Gasteiger partial charge in [0, 0.05) is 34.1 Å². The van der Waals surface area contributed by atoms with E-state index in [1.54, 1.807) is 11.3 Å². The van der Waals surface area contributed by atoms with Gasteiger partial charge in [0.25, 0.3) is 0 Å². The summed E-state index contributed by atoms with van der Waals surface area (Å²) < 4.78 is 1.30. The van der Waals surface area contributed by atoms with Gasteiger partial charge in [-0.05, 0) is 6.07 Å². The van der Waals surface area contributed by atoms with Crippen LogP contribution in [-0.2, 0) is 0 Å². The van der Waals surface area contributed by atoms with Gasteiger partial charge in [0.15, 0.2) is 0 Å². The van der Waals surface area contributed by atoms with Crippen molar-refractivity contribution in [1.82, 2.24) is 10.2 Å². The maximum absolute atomic E-state index is 4.17. The summed E-state index contributed by atoms with van der Waals surface area (Å²) in [5.41, 5.74) is 2.27. The number of fused-ring (bicyclic) bond motifs is 1. The smallest absolute Gasteiger partial charge is 0.148 e. The Morgan fingerprint density at radius 2 is 2.19 bits per heavy atom. The van der Waals surface area contributed by atoms with Crippen LogP contribution in [0.4, 0.5) is 5.82 Å². The Morgan fingerprint density at radius 1 is 1.31 bits per heavy atom. The van der Waals surface area contributed by atoms with E-state index in [-0.39, 0.29) is 0 Å². The summed E-state index contributed by atoms with van der Waals surface area (Å²) in [7, 11) is 1.87. The van der Waals surface area contributed by atoms with Gasteiger partial charge in [0.05, 0.1) is 5.69 Å². The molecule has 2 N–H and O–H groups in total. The van der Waals surface area contributed by atoms with Gasteiger partial charge in [0.2, 0.25) is 0 Å². The molecule has 0 aliphatic rings. The molecule has 3 nitrogen and oxygen atoms in total. The molecular formula is C12H11N3S. The number of anilines is 1. The predicted molar refractivity (Wildman–Crippen MR) is 69.0 cm³/mol.